The van der Waals surface area contributed by atoms with Gasteiger partial charge in [0.25, 0.3) is 0 Å². The molecule has 114 heavy (non-hydrogen) atoms. The van der Waals surface area contributed by atoms with E-state index in [0.717, 1.165) is 83.4 Å². The summed E-state index contributed by atoms with van der Waals surface area (Å²) in [4.78, 5) is 118. The first-order valence-corrected chi connectivity index (χ1v) is 37.0. The molecular formula is C79H85Cl2N9O24. The van der Waals surface area contributed by atoms with Crippen LogP contribution < -0.4 is 62.5 Å². The summed E-state index contributed by atoms with van der Waals surface area (Å²) < 4.78 is 39.5. The summed E-state index contributed by atoms with van der Waals surface area (Å²) in [6.07, 6.45) is -18.6. The number of phenols is 3. The Bertz CT molecular complexity index is 4840. The zero-order chi connectivity index (χ0) is 82.0. The summed E-state index contributed by atoms with van der Waals surface area (Å²) >= 11 is 14.3. The quantitative estimate of drug-likeness (QED) is 0.0619. The van der Waals surface area contributed by atoms with E-state index in [9.17, 15) is 75.0 Å². The molecule has 0 unspecified atom stereocenters. The first-order valence-electron chi connectivity index (χ1n) is 36.3. The molecule has 18 atom stereocenters. The number of carbonyl (C=O) groups is 8. The number of phenolic OH excluding ortho intramolecular Hbond substituents is 3. The molecule has 604 valence electrons. The highest BCUT2D eigenvalue weighted by Gasteiger charge is 2.52. The summed E-state index contributed by atoms with van der Waals surface area (Å²) in [6, 6.07) is 16.9. The van der Waals surface area contributed by atoms with Crippen molar-refractivity contribution < 1.29 is 118 Å². The van der Waals surface area contributed by atoms with Crippen LogP contribution in [-0.2, 0) is 59.1 Å². The average Bonchev–Trinajstić information content (AvgIpc) is 0.766. The number of likely N-dealkylation sites (N-methyl/N-ethyl adjacent to an activating group) is 1. The number of amides is 7. The largest absolute Gasteiger partial charge is 0.508 e. The lowest BCUT2D eigenvalue weighted by Crippen LogP contribution is -2.65. The summed E-state index contributed by atoms with van der Waals surface area (Å²) in [5.41, 5.74) is 4.52. The molecule has 7 aromatic carbocycles. The van der Waals surface area contributed by atoms with Crippen LogP contribution in [-0.4, -0.2) is 191 Å². The average molecular weight is 1620 g/mol. The lowest BCUT2D eigenvalue weighted by molar-refractivity contribution is -0.334. The number of carboxylic acid groups (broad SMARTS) is 1. The van der Waals surface area contributed by atoms with E-state index >= 15 is 14.4 Å². The van der Waals surface area contributed by atoms with Crippen LogP contribution in [0.3, 0.4) is 0 Å². The lowest BCUT2D eigenvalue weighted by Gasteiger charge is -2.48. The monoisotopic (exact) mass is 1610 g/mol. The summed E-state index contributed by atoms with van der Waals surface area (Å²) in [6.45, 7) is 6.20. The van der Waals surface area contributed by atoms with E-state index in [1.807, 2.05) is 68.4 Å². The van der Waals surface area contributed by atoms with Gasteiger partial charge in [0.2, 0.25) is 53.4 Å². The molecule has 0 aliphatic carbocycles. The highest BCUT2D eigenvalue weighted by Crippen LogP contribution is 2.50. The van der Waals surface area contributed by atoms with Crippen molar-refractivity contribution in [2.24, 2.45) is 11.7 Å². The molecule has 0 saturated carbocycles. The molecule has 2 fully saturated rings. The number of ether oxygens (including phenoxy) is 6. The molecule has 0 radical (unpaired) electrons. The topological polar surface area (TPSA) is 517 Å². The number of hydrogen-bond acceptors (Lipinski definition) is 25. The molecule has 7 aromatic rings. The van der Waals surface area contributed by atoms with Crippen LogP contribution in [0.1, 0.15) is 111 Å². The number of rotatable bonds is 17. The van der Waals surface area contributed by atoms with E-state index in [1.54, 1.807) is 13.8 Å². The number of nitrogens with two attached hydrogens (primary N) is 1. The molecule has 20 N–H and O–H groups in total. The van der Waals surface area contributed by atoms with E-state index in [2.05, 4.69) is 42.5 Å². The molecule has 0 spiro atoms. The van der Waals surface area contributed by atoms with Crippen molar-refractivity contribution in [3.63, 3.8) is 0 Å². The second kappa shape index (κ2) is 34.5. The zero-order valence-corrected chi connectivity index (χ0v) is 63.2. The van der Waals surface area contributed by atoms with Crippen LogP contribution in [0.5, 0.6) is 46.0 Å². The third-order valence-corrected chi connectivity index (χ3v) is 21.1. The summed E-state index contributed by atoms with van der Waals surface area (Å²) in [5.74, 6) is -16.0. The van der Waals surface area contributed by atoms with Crippen molar-refractivity contribution in [3.8, 4) is 68.2 Å². The maximum Gasteiger partial charge on any atom is 0.330 e. The number of carboxylic acids is 1. The number of hydrogen-bond donors (Lipinski definition) is 19. The third kappa shape index (κ3) is 17.8. The van der Waals surface area contributed by atoms with Gasteiger partial charge >= 0.3 is 5.97 Å². The predicted molar refractivity (Wildman–Crippen MR) is 404 cm³/mol. The lowest BCUT2D eigenvalue weighted by atomic mass is 9.84. The van der Waals surface area contributed by atoms with Gasteiger partial charge in [0.1, 0.15) is 89.5 Å². The number of benzene rings is 7. The van der Waals surface area contributed by atoms with Gasteiger partial charge in [-0.25, -0.2) is 4.79 Å². The van der Waals surface area contributed by atoms with Crippen molar-refractivity contribution in [1.29, 1.82) is 0 Å². The highest BCUT2D eigenvalue weighted by atomic mass is 35.5. The fourth-order valence-corrected chi connectivity index (χ4v) is 14.8. The summed E-state index contributed by atoms with van der Waals surface area (Å²) in [5, 5.41) is 136. The molecule has 7 aliphatic heterocycles. The van der Waals surface area contributed by atoms with E-state index < -0.39 is 237 Å². The normalized spacial score (nSPS) is 27.4. The van der Waals surface area contributed by atoms with Crippen LogP contribution in [0.2, 0.25) is 10.0 Å². The smallest absolute Gasteiger partial charge is 0.330 e. The molecule has 7 aliphatic rings. The standard InChI is InChI=1S/C79H85Cl2N9O24/c1-33(2)21-47(83-5)71(101)89-62-64(96)39-16-19-51(45(80)23-39)110-53-25-41-26-54(68(53)114-78-69(67(99)66(98)55(32-91)112-78)113-57-30-79(4,70(100)34(3)109-57)84-31-35-11-13-37(14-12-35)36-9-7-6-8-10-36)111-52-20-17-40(24-46(52)81)65(97)63-76(106)88-61(77(107)108)44-27-42(92)28-50(94)58(44)43-22-38(15-18-49(43)93)59(73(103)90-63)87-74(104)60(41)86-72(102)48(29-56(82)95)85-75(62)105/h6-20,22-28,33-34,47-48,55,57,59-67,69-70,78,83-84,91-94,96-100H,21,29-32H2,1-5H3,(H2,82,95)(H,85,105)(H,86,102)(H,87,104)(H,88,106)(H,89,101)(H,90,103)(H,107,108)/t34-,47+,48-,55+,57-,59+,60+,61-,62+,63-,64+,65+,66+,67-,69+,70-,78-,79-/m0/s1. The number of carbonyl (C=O) groups excluding carboxylic acids is 7. The molecule has 14 rings (SSSR count). The number of nitrogens with one attached hydrogen (secondary N) is 8. The van der Waals surface area contributed by atoms with Crippen LogP contribution in [0.4, 0.5) is 0 Å². The molecule has 7 amide bonds. The maximum absolute atomic E-state index is 16.2. The number of aliphatic hydroxyl groups excluding tert-OH is 6. The van der Waals surface area contributed by atoms with E-state index in [4.69, 9.17) is 57.4 Å². The van der Waals surface area contributed by atoms with Gasteiger partial charge < -0.3 is 128 Å². The van der Waals surface area contributed by atoms with Crippen LogP contribution in [0.25, 0.3) is 22.3 Å². The van der Waals surface area contributed by atoms with Gasteiger partial charge in [-0.2, -0.15) is 0 Å². The fraction of sp³-hybridized carbons (Fsp3) is 0.367. The molecular weight excluding hydrogens is 1530 g/mol. The van der Waals surface area contributed by atoms with Crippen LogP contribution in [0.15, 0.2) is 133 Å². The van der Waals surface area contributed by atoms with Crippen LogP contribution >= 0.6 is 23.2 Å². The Kier molecular flexibility index (Phi) is 25.0. The molecule has 2 saturated heterocycles. The Morgan fingerprint density at radius 2 is 1.28 bits per heavy atom. The molecule has 7 heterocycles. The number of primary amides is 1. The molecule has 0 aromatic heterocycles. The second-order valence-electron chi connectivity index (χ2n) is 29.0. The number of fused-ring (bicyclic) bond motifs is 15. The number of aliphatic hydroxyl groups is 6. The van der Waals surface area contributed by atoms with E-state index in [-0.39, 0.29) is 52.8 Å². The minimum atomic E-state index is -2.36. The Hall–Kier alpha value is -10.8. The zero-order valence-electron chi connectivity index (χ0n) is 61.7. The number of aromatic hydroxyl groups is 3. The fourth-order valence-electron chi connectivity index (χ4n) is 14.4. The predicted octanol–water partition coefficient (Wildman–Crippen LogP) is 3.60. The van der Waals surface area contributed by atoms with Crippen LogP contribution in [0, 0.1) is 5.92 Å². The van der Waals surface area contributed by atoms with Gasteiger partial charge in [0.05, 0.1) is 41.3 Å². The Labute approximate surface area is 661 Å². The van der Waals surface area contributed by atoms with Crippen molar-refractivity contribution >= 4 is 70.5 Å². The van der Waals surface area contributed by atoms with Crippen molar-refractivity contribution in [3.05, 3.63) is 177 Å². The van der Waals surface area contributed by atoms with Crippen molar-refractivity contribution in [1.82, 2.24) is 42.5 Å². The van der Waals surface area contributed by atoms with Gasteiger partial charge in [0, 0.05) is 41.3 Å². The first-order chi connectivity index (χ1) is 54.2. The number of aliphatic carboxylic acids is 1. The Morgan fingerprint density at radius 1 is 0.667 bits per heavy atom. The van der Waals surface area contributed by atoms with Crippen molar-refractivity contribution in [2.75, 3.05) is 13.7 Å². The van der Waals surface area contributed by atoms with Gasteiger partial charge in [-0.15, -0.1) is 0 Å². The minimum Gasteiger partial charge on any atom is -0.508 e. The minimum absolute atomic E-state index is 0.104. The highest BCUT2D eigenvalue weighted by molar-refractivity contribution is 6.32. The van der Waals surface area contributed by atoms with Gasteiger partial charge in [-0.3, -0.25) is 33.6 Å². The Morgan fingerprint density at radius 3 is 1.89 bits per heavy atom. The van der Waals surface area contributed by atoms with Gasteiger partial charge in [-0.1, -0.05) is 110 Å². The molecule has 35 heteroatoms. The SMILES string of the molecule is CN[C@H](CC(C)C)C(=O)N[C@H]1C(=O)N[C@@H](CC(N)=O)C(=O)N[C@H]2C(=O)N[C@H]3C(=O)N[C@H](C(=O)N[C@H](C(=O)O)c4cc(O)cc(O)c4-c4cc3ccc4O)[C@H](O)c3ccc(c(Cl)c3)Oc3cc2cc(c3O[C@@H]2O[C@H](CO)[C@@H](O)[C@H](O)[C@H]2O[C@H]2C[C@](C)(NCc3ccc(-c4ccccc4)cc3)[C@@H](O)[C@H](C)O2)Oc2ccc(cc2Cl)[C@H]1O. The Balaban J connectivity index is 1.04. The number of halogens is 2. The van der Waals surface area contributed by atoms with E-state index in [1.165, 1.54) is 19.2 Å². The maximum atomic E-state index is 16.2. The third-order valence-electron chi connectivity index (χ3n) is 20.5. The summed E-state index contributed by atoms with van der Waals surface area (Å²) in [7, 11) is 1.48. The van der Waals surface area contributed by atoms with Gasteiger partial charge in [0.15, 0.2) is 29.9 Å². The second-order valence-corrected chi connectivity index (χ2v) is 29.9. The van der Waals surface area contributed by atoms with E-state index in [0.29, 0.717) is 0 Å². The molecule has 11 bridgehead atoms. The van der Waals surface area contributed by atoms with Gasteiger partial charge in [-0.05, 0) is 127 Å². The molecule has 33 nitrogen and oxygen atoms in total. The van der Waals surface area contributed by atoms with Crippen molar-refractivity contribution in [2.45, 2.75) is 163 Å². The first kappa shape index (κ1) is 82.7.